The van der Waals surface area contributed by atoms with E-state index in [1.165, 1.54) is 12.8 Å². The van der Waals surface area contributed by atoms with Crippen molar-refractivity contribution >= 4 is 22.5 Å². The number of carbonyl (C=O) groups is 2. The maximum atomic E-state index is 12.3. The molecule has 0 bridgehead atoms. The summed E-state index contributed by atoms with van der Waals surface area (Å²) in [5.41, 5.74) is 0. The van der Waals surface area contributed by atoms with Crippen molar-refractivity contribution in [2.45, 2.75) is 43.8 Å². The first-order valence-corrected chi connectivity index (χ1v) is 8.15. The molecule has 0 aromatic carbocycles. The lowest BCUT2D eigenvalue weighted by Gasteiger charge is -2.20. The summed E-state index contributed by atoms with van der Waals surface area (Å²) in [4.78, 5) is 24.6. The van der Waals surface area contributed by atoms with Gasteiger partial charge in [0.2, 0.25) is 5.25 Å². The van der Waals surface area contributed by atoms with Crippen LogP contribution in [0.15, 0.2) is 0 Å². The molecule has 2 aliphatic carbocycles. The Morgan fingerprint density at radius 3 is 1.81 bits per heavy atom. The molecular weight excluding hydrogens is 220 g/mol. The molecule has 1 heterocycles. The molecule has 2 nitrogen and oxygen atoms in total. The number of rotatable bonds is 1. The Morgan fingerprint density at radius 1 is 0.812 bits per heavy atom. The topological polar surface area (TPSA) is 34.1 Å². The van der Waals surface area contributed by atoms with Crippen LogP contribution in [0.2, 0.25) is 0 Å². The van der Waals surface area contributed by atoms with Crippen molar-refractivity contribution in [1.29, 1.82) is 0 Å². The molecule has 0 N–H and O–H groups in total. The zero-order valence-electron chi connectivity index (χ0n) is 9.61. The fourth-order valence-electron chi connectivity index (χ4n) is 3.58. The van der Waals surface area contributed by atoms with E-state index >= 15 is 0 Å². The highest BCUT2D eigenvalue weighted by Crippen LogP contribution is 2.41. The summed E-state index contributed by atoms with van der Waals surface area (Å²) in [6.45, 7) is 0. The number of carbonyl (C=O) groups excluding carboxylic acids is 2. The van der Waals surface area contributed by atoms with Gasteiger partial charge >= 0.3 is 0 Å². The summed E-state index contributed by atoms with van der Waals surface area (Å²) < 4.78 is 0. The van der Waals surface area contributed by atoms with Crippen LogP contribution in [0.3, 0.4) is 0 Å². The summed E-state index contributed by atoms with van der Waals surface area (Å²) in [7, 11) is 0.121. The van der Waals surface area contributed by atoms with Crippen molar-refractivity contribution in [1.82, 2.24) is 0 Å². The predicted octanol–water partition coefficient (Wildman–Crippen LogP) is 1.73. The highest BCUT2D eigenvalue weighted by Gasteiger charge is 2.57. The monoisotopic (exact) mass is 239 g/mol. The zero-order chi connectivity index (χ0) is 11.1. The molecule has 0 aromatic heterocycles. The quantitative estimate of drug-likeness (QED) is 0.516. The van der Waals surface area contributed by atoms with Crippen LogP contribution in [0.4, 0.5) is 0 Å². The standard InChI is InChI=1S/C13H19O2S/c14-11-9-5-1-2-6-10(9)12(15)13(11)16-7-3-4-8-16/h9-10,13H,1-8H2/q+1. The molecule has 1 saturated heterocycles. The highest BCUT2D eigenvalue weighted by atomic mass is 32.2. The first-order valence-electron chi connectivity index (χ1n) is 6.53. The molecule has 3 rings (SSSR count). The van der Waals surface area contributed by atoms with E-state index in [4.69, 9.17) is 0 Å². The largest absolute Gasteiger partial charge is 0.293 e. The van der Waals surface area contributed by atoms with Crippen LogP contribution in [0, 0.1) is 11.8 Å². The Labute approximate surface area is 99.5 Å². The maximum Gasteiger partial charge on any atom is 0.233 e. The van der Waals surface area contributed by atoms with E-state index in [0.29, 0.717) is 11.6 Å². The number of hydrogen-bond donors (Lipinski definition) is 0. The normalized spacial score (nSPS) is 40.4. The average molecular weight is 239 g/mol. The van der Waals surface area contributed by atoms with Gasteiger partial charge in [0.15, 0.2) is 11.6 Å². The third-order valence-corrected chi connectivity index (χ3v) is 7.17. The number of hydrogen-bond acceptors (Lipinski definition) is 2. The van der Waals surface area contributed by atoms with Crippen LogP contribution in [-0.4, -0.2) is 28.3 Å². The molecule has 88 valence electrons. The molecular formula is C13H19O2S+. The van der Waals surface area contributed by atoms with Gasteiger partial charge in [0.05, 0.1) is 0 Å². The molecule has 16 heavy (non-hydrogen) atoms. The fraction of sp³-hybridized carbons (Fsp3) is 0.846. The van der Waals surface area contributed by atoms with E-state index in [1.54, 1.807) is 0 Å². The van der Waals surface area contributed by atoms with E-state index in [-0.39, 0.29) is 28.0 Å². The maximum absolute atomic E-state index is 12.3. The van der Waals surface area contributed by atoms with E-state index < -0.39 is 0 Å². The highest BCUT2D eigenvalue weighted by molar-refractivity contribution is 7.99. The molecule has 0 radical (unpaired) electrons. The van der Waals surface area contributed by atoms with Crippen LogP contribution in [0.5, 0.6) is 0 Å². The summed E-state index contributed by atoms with van der Waals surface area (Å²) in [6, 6.07) is 0. The third-order valence-electron chi connectivity index (χ3n) is 4.41. The van der Waals surface area contributed by atoms with Crippen molar-refractivity contribution < 1.29 is 9.59 Å². The van der Waals surface area contributed by atoms with Gasteiger partial charge in [-0.15, -0.1) is 0 Å². The average Bonchev–Trinajstić information content (AvgIpc) is 2.89. The van der Waals surface area contributed by atoms with Crippen molar-refractivity contribution in [3.63, 3.8) is 0 Å². The van der Waals surface area contributed by atoms with Gasteiger partial charge in [-0.1, -0.05) is 12.8 Å². The van der Waals surface area contributed by atoms with Crippen molar-refractivity contribution in [3.8, 4) is 0 Å². The Bertz CT molecular complexity index is 296. The van der Waals surface area contributed by atoms with Gasteiger partial charge in [0, 0.05) is 22.7 Å². The van der Waals surface area contributed by atoms with Gasteiger partial charge < -0.3 is 0 Å². The van der Waals surface area contributed by atoms with Crippen LogP contribution in [0.25, 0.3) is 0 Å². The molecule has 0 aromatic rings. The lowest BCUT2D eigenvalue weighted by Crippen LogP contribution is -2.34. The van der Waals surface area contributed by atoms with Crippen LogP contribution >= 0.6 is 0 Å². The predicted molar refractivity (Wildman–Crippen MR) is 65.6 cm³/mol. The fourth-order valence-corrected chi connectivity index (χ4v) is 6.41. The molecule has 0 amide bonds. The first-order chi connectivity index (χ1) is 7.79. The lowest BCUT2D eigenvalue weighted by atomic mass is 9.81. The van der Waals surface area contributed by atoms with Crippen molar-refractivity contribution in [2.24, 2.45) is 11.8 Å². The first kappa shape index (κ1) is 10.8. The van der Waals surface area contributed by atoms with Gasteiger partial charge in [-0.2, -0.15) is 0 Å². The molecule has 2 unspecified atom stereocenters. The Kier molecular flexibility index (Phi) is 2.82. The van der Waals surface area contributed by atoms with Gasteiger partial charge in [-0.3, -0.25) is 9.59 Å². The SMILES string of the molecule is O=C1C2CCCCC2C(=O)C1[S+]1CCCC1. The second-order valence-electron chi connectivity index (χ2n) is 5.34. The van der Waals surface area contributed by atoms with Gasteiger partial charge in [0.1, 0.15) is 11.5 Å². The van der Waals surface area contributed by atoms with Crippen LogP contribution in [0.1, 0.15) is 38.5 Å². The molecule has 3 heteroatoms. The molecule has 2 atom stereocenters. The van der Waals surface area contributed by atoms with Gasteiger partial charge in [-0.25, -0.2) is 0 Å². The van der Waals surface area contributed by atoms with E-state index in [0.717, 1.165) is 37.2 Å². The number of fused-ring (bicyclic) bond motifs is 1. The molecule has 3 aliphatic rings. The summed E-state index contributed by atoms with van der Waals surface area (Å²) in [5.74, 6) is 3.20. The van der Waals surface area contributed by atoms with E-state index in [1.807, 2.05) is 0 Å². The Morgan fingerprint density at radius 2 is 1.31 bits per heavy atom. The third kappa shape index (κ3) is 1.55. The lowest BCUT2D eigenvalue weighted by molar-refractivity contribution is -0.122. The number of ketones is 2. The molecule has 0 spiro atoms. The van der Waals surface area contributed by atoms with E-state index in [2.05, 4.69) is 0 Å². The van der Waals surface area contributed by atoms with Crippen LogP contribution < -0.4 is 0 Å². The van der Waals surface area contributed by atoms with Crippen LogP contribution in [-0.2, 0) is 20.5 Å². The minimum atomic E-state index is -0.157. The van der Waals surface area contributed by atoms with E-state index in [9.17, 15) is 9.59 Å². The molecule has 3 fully saturated rings. The Hall–Kier alpha value is -0.310. The second kappa shape index (κ2) is 4.17. The summed E-state index contributed by atoms with van der Waals surface area (Å²) in [6.07, 6.45) is 6.75. The molecule has 1 aliphatic heterocycles. The van der Waals surface area contributed by atoms with Gasteiger partial charge in [0.25, 0.3) is 0 Å². The Balaban J connectivity index is 1.83. The summed E-state index contributed by atoms with van der Waals surface area (Å²) >= 11 is 0. The van der Waals surface area contributed by atoms with Gasteiger partial charge in [-0.05, 0) is 25.7 Å². The summed E-state index contributed by atoms with van der Waals surface area (Å²) in [5, 5.41) is -0.157. The minimum absolute atomic E-state index is 0.121. The van der Waals surface area contributed by atoms with Crippen molar-refractivity contribution in [2.75, 3.05) is 11.5 Å². The molecule has 2 saturated carbocycles. The zero-order valence-corrected chi connectivity index (χ0v) is 10.4. The van der Waals surface area contributed by atoms with Crippen molar-refractivity contribution in [3.05, 3.63) is 0 Å². The number of Topliss-reactive ketones (excluding diaryl/α,β-unsaturated/α-hetero) is 2. The smallest absolute Gasteiger partial charge is 0.233 e. The second-order valence-corrected chi connectivity index (χ2v) is 7.70. The minimum Gasteiger partial charge on any atom is -0.293 e.